The lowest BCUT2D eigenvalue weighted by molar-refractivity contribution is -0.387. The van der Waals surface area contributed by atoms with Gasteiger partial charge in [-0.05, 0) is 44.4 Å². The van der Waals surface area contributed by atoms with Gasteiger partial charge in [0.05, 0.1) is 15.4 Å². The van der Waals surface area contributed by atoms with Gasteiger partial charge in [-0.25, -0.2) is 4.79 Å². The zero-order chi connectivity index (χ0) is 20.3. The number of aromatic nitrogens is 2. The minimum atomic E-state index is -0.807. The molecule has 0 saturated heterocycles. The van der Waals surface area contributed by atoms with Gasteiger partial charge in [-0.3, -0.25) is 10.1 Å². The molecular weight excluding hydrogens is 382 g/mol. The molecule has 3 rings (SSSR count). The summed E-state index contributed by atoms with van der Waals surface area (Å²) in [6, 6.07) is 11.8. The fourth-order valence-corrected chi connectivity index (χ4v) is 3.00. The summed E-state index contributed by atoms with van der Waals surface area (Å²) < 4.78 is 10.9. The molecule has 0 spiro atoms. The first-order chi connectivity index (χ1) is 13.4. The van der Waals surface area contributed by atoms with Crippen molar-refractivity contribution in [1.82, 2.24) is 10.2 Å². The SMILES string of the molecule is CSc1ccc(C(=O)O[C@H](C)c2nnc(-c3ccc(C)cc3)o2)cc1[N+](=O)[O-]. The summed E-state index contributed by atoms with van der Waals surface area (Å²) in [5.41, 5.74) is 1.79. The van der Waals surface area contributed by atoms with Crippen LogP contribution in [0.2, 0.25) is 0 Å². The molecule has 144 valence electrons. The van der Waals surface area contributed by atoms with Gasteiger partial charge < -0.3 is 9.15 Å². The van der Waals surface area contributed by atoms with E-state index in [0.717, 1.165) is 11.1 Å². The number of nitrogens with zero attached hydrogens (tertiary/aromatic N) is 3. The molecule has 0 aliphatic carbocycles. The molecule has 1 aromatic heterocycles. The summed E-state index contributed by atoms with van der Waals surface area (Å²) in [7, 11) is 0. The van der Waals surface area contributed by atoms with Crippen molar-refractivity contribution in [3.63, 3.8) is 0 Å². The third-order valence-corrected chi connectivity index (χ3v) is 4.77. The first-order valence-electron chi connectivity index (χ1n) is 8.33. The normalized spacial score (nSPS) is 11.8. The van der Waals surface area contributed by atoms with Crippen molar-refractivity contribution in [2.75, 3.05) is 6.26 Å². The minimum Gasteiger partial charge on any atom is -0.449 e. The molecule has 2 aromatic carbocycles. The molecule has 0 radical (unpaired) electrons. The molecule has 0 aliphatic rings. The van der Waals surface area contributed by atoms with Crippen molar-refractivity contribution in [1.29, 1.82) is 0 Å². The van der Waals surface area contributed by atoms with Gasteiger partial charge in [-0.1, -0.05) is 17.7 Å². The molecular formula is C19H17N3O5S. The van der Waals surface area contributed by atoms with Crippen LogP contribution in [0.5, 0.6) is 0 Å². The summed E-state index contributed by atoms with van der Waals surface area (Å²) in [5, 5.41) is 19.1. The Morgan fingerprint density at radius 2 is 1.93 bits per heavy atom. The zero-order valence-corrected chi connectivity index (χ0v) is 16.2. The molecule has 0 saturated carbocycles. The number of nitro groups is 1. The second-order valence-electron chi connectivity index (χ2n) is 6.00. The van der Waals surface area contributed by atoms with E-state index in [1.165, 1.54) is 30.0 Å². The quantitative estimate of drug-likeness (QED) is 0.256. The van der Waals surface area contributed by atoms with Crippen LogP contribution < -0.4 is 0 Å². The van der Waals surface area contributed by atoms with Crippen LogP contribution in [0.1, 0.15) is 34.8 Å². The number of thioether (sulfide) groups is 1. The molecule has 0 fully saturated rings. The van der Waals surface area contributed by atoms with Crippen LogP contribution in [0.3, 0.4) is 0 Å². The Morgan fingerprint density at radius 3 is 2.57 bits per heavy atom. The average Bonchev–Trinajstić information content (AvgIpc) is 3.18. The largest absolute Gasteiger partial charge is 0.449 e. The van der Waals surface area contributed by atoms with E-state index in [9.17, 15) is 14.9 Å². The number of hydrogen-bond donors (Lipinski definition) is 0. The van der Waals surface area contributed by atoms with Crippen LogP contribution in [0, 0.1) is 17.0 Å². The van der Waals surface area contributed by atoms with Crippen molar-refractivity contribution in [2.24, 2.45) is 0 Å². The summed E-state index contributed by atoms with van der Waals surface area (Å²) >= 11 is 1.23. The lowest BCUT2D eigenvalue weighted by Crippen LogP contribution is -2.10. The van der Waals surface area contributed by atoms with Crippen molar-refractivity contribution >= 4 is 23.4 Å². The van der Waals surface area contributed by atoms with Gasteiger partial charge in [-0.2, -0.15) is 0 Å². The van der Waals surface area contributed by atoms with Crippen molar-refractivity contribution in [2.45, 2.75) is 24.8 Å². The predicted molar refractivity (Wildman–Crippen MR) is 103 cm³/mol. The Kier molecular flexibility index (Phi) is 5.74. The van der Waals surface area contributed by atoms with Gasteiger partial charge in [0.2, 0.25) is 5.89 Å². The number of rotatable bonds is 6. The zero-order valence-electron chi connectivity index (χ0n) is 15.4. The van der Waals surface area contributed by atoms with E-state index < -0.39 is 17.0 Å². The smallest absolute Gasteiger partial charge is 0.339 e. The number of esters is 1. The van der Waals surface area contributed by atoms with Gasteiger partial charge in [0.25, 0.3) is 11.6 Å². The van der Waals surface area contributed by atoms with E-state index in [-0.39, 0.29) is 17.1 Å². The van der Waals surface area contributed by atoms with Gasteiger partial charge in [0, 0.05) is 11.6 Å². The van der Waals surface area contributed by atoms with Crippen molar-refractivity contribution < 1.29 is 18.9 Å². The molecule has 1 heterocycles. The maximum Gasteiger partial charge on any atom is 0.339 e. The fourth-order valence-electron chi connectivity index (χ4n) is 2.45. The first kappa shape index (κ1) is 19.6. The Hall–Kier alpha value is -3.20. The second kappa shape index (κ2) is 8.22. The average molecular weight is 399 g/mol. The fraction of sp³-hybridized carbons (Fsp3) is 0.211. The number of benzene rings is 2. The molecule has 1 atom stereocenters. The molecule has 0 amide bonds. The molecule has 0 aliphatic heterocycles. The highest BCUT2D eigenvalue weighted by Crippen LogP contribution is 2.29. The Balaban J connectivity index is 1.75. The topological polar surface area (TPSA) is 108 Å². The molecule has 0 N–H and O–H groups in total. The molecule has 28 heavy (non-hydrogen) atoms. The van der Waals surface area contributed by atoms with Gasteiger partial charge in [0.15, 0.2) is 6.10 Å². The highest BCUT2D eigenvalue weighted by molar-refractivity contribution is 7.98. The number of carbonyl (C=O) groups is 1. The first-order valence-corrected chi connectivity index (χ1v) is 9.55. The van der Waals surface area contributed by atoms with Crippen molar-refractivity contribution in [3.8, 4) is 11.5 Å². The van der Waals surface area contributed by atoms with E-state index in [2.05, 4.69) is 10.2 Å². The number of nitro benzene ring substituents is 1. The van der Waals surface area contributed by atoms with Crippen molar-refractivity contribution in [3.05, 3.63) is 69.6 Å². The maximum absolute atomic E-state index is 12.4. The Bertz CT molecular complexity index is 1020. The summed E-state index contributed by atoms with van der Waals surface area (Å²) in [4.78, 5) is 23.5. The van der Waals surface area contributed by atoms with Gasteiger partial charge in [-0.15, -0.1) is 22.0 Å². The minimum absolute atomic E-state index is 0.0784. The van der Waals surface area contributed by atoms with Crippen LogP contribution in [0.4, 0.5) is 5.69 Å². The summed E-state index contributed by atoms with van der Waals surface area (Å²) in [6.45, 7) is 3.57. The third-order valence-electron chi connectivity index (χ3n) is 3.98. The molecule has 0 bridgehead atoms. The van der Waals surface area contributed by atoms with E-state index in [1.807, 2.05) is 31.2 Å². The lowest BCUT2D eigenvalue weighted by Gasteiger charge is -2.10. The predicted octanol–water partition coefficient (Wildman–Crippen LogP) is 4.59. The maximum atomic E-state index is 12.4. The third kappa shape index (κ3) is 4.20. The van der Waals surface area contributed by atoms with Crippen LogP contribution in [-0.2, 0) is 4.74 Å². The number of aryl methyl sites for hydroxylation is 1. The van der Waals surface area contributed by atoms with Crippen LogP contribution >= 0.6 is 11.8 Å². The van der Waals surface area contributed by atoms with Crippen LogP contribution in [0.25, 0.3) is 11.5 Å². The van der Waals surface area contributed by atoms with E-state index in [4.69, 9.17) is 9.15 Å². The molecule has 3 aromatic rings. The van der Waals surface area contributed by atoms with Gasteiger partial charge >= 0.3 is 5.97 Å². The highest BCUT2D eigenvalue weighted by Gasteiger charge is 2.22. The molecule has 0 unspecified atom stereocenters. The monoisotopic (exact) mass is 399 g/mol. The van der Waals surface area contributed by atoms with Gasteiger partial charge in [0.1, 0.15) is 0 Å². The van der Waals surface area contributed by atoms with Crippen LogP contribution in [-0.4, -0.2) is 27.3 Å². The number of ether oxygens (including phenoxy) is 1. The second-order valence-corrected chi connectivity index (χ2v) is 6.85. The standard InChI is InChI=1S/C19H17N3O5S/c1-11-4-6-13(7-5-11)18-21-20-17(27-18)12(2)26-19(23)14-8-9-16(28-3)15(10-14)22(24)25/h4-10,12H,1-3H3/t12-/m1/s1. The molecule has 9 heteroatoms. The van der Waals surface area contributed by atoms with E-state index in [1.54, 1.807) is 13.2 Å². The van der Waals surface area contributed by atoms with E-state index >= 15 is 0 Å². The number of carbonyl (C=O) groups excluding carboxylic acids is 1. The Labute approximate surface area is 165 Å². The highest BCUT2D eigenvalue weighted by atomic mass is 32.2. The number of hydrogen-bond acceptors (Lipinski definition) is 8. The Morgan fingerprint density at radius 1 is 1.21 bits per heavy atom. The van der Waals surface area contributed by atoms with E-state index in [0.29, 0.717) is 10.8 Å². The van der Waals surface area contributed by atoms with Crippen LogP contribution in [0.15, 0.2) is 51.8 Å². The summed E-state index contributed by atoms with van der Waals surface area (Å²) in [6.07, 6.45) is 0.919. The lowest BCUT2D eigenvalue weighted by atomic mass is 10.1. The molecule has 8 nitrogen and oxygen atoms in total. The summed E-state index contributed by atoms with van der Waals surface area (Å²) in [5.74, 6) is -0.254.